The van der Waals surface area contributed by atoms with Crippen molar-refractivity contribution in [1.29, 1.82) is 0 Å². The van der Waals surface area contributed by atoms with E-state index in [1.165, 1.54) is 5.56 Å². The summed E-state index contributed by atoms with van der Waals surface area (Å²) in [5.41, 5.74) is 4.42. The number of aromatic nitrogens is 4. The summed E-state index contributed by atoms with van der Waals surface area (Å²) in [6.07, 6.45) is 5.16. The highest BCUT2D eigenvalue weighted by molar-refractivity contribution is 5.93. The second-order valence-electron chi connectivity index (χ2n) is 7.13. The normalized spacial score (nSPS) is 16.9. The van der Waals surface area contributed by atoms with Gasteiger partial charge < -0.3 is 19.9 Å². The Hall–Kier alpha value is -3.75. The molecule has 2 N–H and O–H groups in total. The molecule has 1 unspecified atom stereocenters. The molecule has 5 heterocycles. The quantitative estimate of drug-likeness (QED) is 0.622. The SMILES string of the molecule is CN1CCc2ccc(C(=O)N3CCc4[nH]cnc4C3c3ccccn3)nc21.O=CO. The van der Waals surface area contributed by atoms with Gasteiger partial charge in [0.1, 0.15) is 17.6 Å². The zero-order valence-corrected chi connectivity index (χ0v) is 16.5. The number of pyridine rings is 2. The molecule has 9 heteroatoms. The highest BCUT2D eigenvalue weighted by Crippen LogP contribution is 2.33. The zero-order chi connectivity index (χ0) is 21.1. The van der Waals surface area contributed by atoms with E-state index in [1.54, 1.807) is 12.5 Å². The predicted octanol–water partition coefficient (Wildman–Crippen LogP) is 1.68. The molecule has 0 aromatic carbocycles. The monoisotopic (exact) mass is 406 g/mol. The Kier molecular flexibility index (Phi) is 5.42. The van der Waals surface area contributed by atoms with Gasteiger partial charge in [-0.15, -0.1) is 0 Å². The van der Waals surface area contributed by atoms with Gasteiger partial charge in [0.2, 0.25) is 0 Å². The van der Waals surface area contributed by atoms with Crippen LogP contribution in [0.2, 0.25) is 0 Å². The van der Waals surface area contributed by atoms with E-state index in [0.717, 1.165) is 42.3 Å². The van der Waals surface area contributed by atoms with Crippen molar-refractivity contribution in [2.24, 2.45) is 0 Å². The summed E-state index contributed by atoms with van der Waals surface area (Å²) in [5, 5.41) is 6.89. The summed E-state index contributed by atoms with van der Waals surface area (Å²) in [7, 11) is 2.01. The maximum atomic E-state index is 13.4. The fourth-order valence-electron chi connectivity index (χ4n) is 4.00. The maximum Gasteiger partial charge on any atom is 0.290 e. The van der Waals surface area contributed by atoms with Crippen molar-refractivity contribution in [3.05, 3.63) is 71.2 Å². The number of hydrogen-bond donors (Lipinski definition) is 2. The minimum absolute atomic E-state index is 0.0811. The van der Waals surface area contributed by atoms with E-state index in [2.05, 4.69) is 24.8 Å². The molecule has 3 aromatic rings. The van der Waals surface area contributed by atoms with Crippen molar-refractivity contribution in [3.8, 4) is 0 Å². The van der Waals surface area contributed by atoms with Gasteiger partial charge in [0.25, 0.3) is 12.4 Å². The van der Waals surface area contributed by atoms with Gasteiger partial charge >= 0.3 is 0 Å². The largest absolute Gasteiger partial charge is 0.483 e. The highest BCUT2D eigenvalue weighted by atomic mass is 16.3. The molecule has 9 nitrogen and oxygen atoms in total. The van der Waals surface area contributed by atoms with Gasteiger partial charge in [-0.3, -0.25) is 14.6 Å². The van der Waals surface area contributed by atoms with Gasteiger partial charge in [-0.2, -0.15) is 0 Å². The van der Waals surface area contributed by atoms with E-state index in [-0.39, 0.29) is 18.4 Å². The highest BCUT2D eigenvalue weighted by Gasteiger charge is 2.36. The molecule has 5 rings (SSSR count). The third kappa shape index (κ3) is 3.49. The van der Waals surface area contributed by atoms with Crippen LogP contribution in [0.5, 0.6) is 0 Å². The molecular formula is C21H22N6O3. The van der Waals surface area contributed by atoms with Crippen LogP contribution in [0.15, 0.2) is 42.9 Å². The minimum atomic E-state index is -0.304. The number of aromatic amines is 1. The first-order valence-electron chi connectivity index (χ1n) is 9.67. The Morgan fingerprint density at radius 3 is 2.80 bits per heavy atom. The Morgan fingerprint density at radius 1 is 1.20 bits per heavy atom. The molecule has 3 aromatic heterocycles. The summed E-state index contributed by atoms with van der Waals surface area (Å²) in [6.45, 7) is 1.29. The lowest BCUT2D eigenvalue weighted by molar-refractivity contribution is -0.122. The van der Waals surface area contributed by atoms with Crippen LogP contribution in [0, 0.1) is 0 Å². The zero-order valence-electron chi connectivity index (χ0n) is 16.5. The number of H-pyrrole nitrogens is 1. The fraction of sp³-hybridized carbons (Fsp3) is 0.286. The molecule has 30 heavy (non-hydrogen) atoms. The summed E-state index contributed by atoms with van der Waals surface area (Å²) in [4.78, 5) is 42.6. The Morgan fingerprint density at radius 2 is 2.03 bits per heavy atom. The summed E-state index contributed by atoms with van der Waals surface area (Å²) in [6, 6.07) is 9.32. The molecule has 0 spiro atoms. The van der Waals surface area contributed by atoms with Crippen molar-refractivity contribution in [3.63, 3.8) is 0 Å². The van der Waals surface area contributed by atoms with Crippen molar-refractivity contribution in [1.82, 2.24) is 24.8 Å². The maximum absolute atomic E-state index is 13.4. The number of imidazole rings is 1. The van der Waals surface area contributed by atoms with Crippen LogP contribution >= 0.6 is 0 Å². The second kappa shape index (κ2) is 8.32. The van der Waals surface area contributed by atoms with Crippen molar-refractivity contribution in [2.45, 2.75) is 18.9 Å². The fourth-order valence-corrected chi connectivity index (χ4v) is 4.00. The number of nitrogens with zero attached hydrogens (tertiary/aromatic N) is 5. The standard InChI is InChI=1S/C20H20N6O.CH2O2/c1-25-10-7-13-5-6-16(24-19(13)25)20(27)26-11-8-14-17(23-12-22-14)18(26)15-4-2-3-9-21-15;2-1-3/h2-6,9,12,18H,7-8,10-11H2,1H3,(H,22,23);1H,(H,2,3). The van der Waals surface area contributed by atoms with Crippen LogP contribution in [-0.4, -0.2) is 62.5 Å². The van der Waals surface area contributed by atoms with E-state index < -0.39 is 0 Å². The molecule has 0 fully saturated rings. The van der Waals surface area contributed by atoms with Gasteiger partial charge in [-0.25, -0.2) is 9.97 Å². The summed E-state index contributed by atoms with van der Waals surface area (Å²) < 4.78 is 0. The molecule has 2 aliphatic heterocycles. The third-order valence-electron chi connectivity index (χ3n) is 5.41. The molecule has 154 valence electrons. The lowest BCUT2D eigenvalue weighted by Gasteiger charge is -2.34. The smallest absolute Gasteiger partial charge is 0.290 e. The first-order chi connectivity index (χ1) is 14.6. The van der Waals surface area contributed by atoms with Gasteiger partial charge in [-0.05, 0) is 30.2 Å². The number of carbonyl (C=O) groups excluding carboxylic acids is 1. The molecule has 0 saturated carbocycles. The molecule has 1 atom stereocenters. The Labute approximate surface area is 173 Å². The van der Waals surface area contributed by atoms with Crippen LogP contribution in [0.25, 0.3) is 0 Å². The number of likely N-dealkylation sites (N-methyl/N-ethyl adjacent to an activating group) is 1. The number of hydrogen-bond acceptors (Lipinski definition) is 6. The second-order valence-corrected chi connectivity index (χ2v) is 7.13. The molecular weight excluding hydrogens is 384 g/mol. The van der Waals surface area contributed by atoms with Gasteiger partial charge in [0, 0.05) is 38.4 Å². The van der Waals surface area contributed by atoms with Crippen molar-refractivity contribution >= 4 is 18.2 Å². The van der Waals surface area contributed by atoms with Crippen LogP contribution in [0.4, 0.5) is 5.82 Å². The van der Waals surface area contributed by atoms with Gasteiger partial charge in [0.15, 0.2) is 0 Å². The van der Waals surface area contributed by atoms with Crippen LogP contribution in [0.1, 0.15) is 39.2 Å². The minimum Gasteiger partial charge on any atom is -0.483 e. The number of carbonyl (C=O) groups is 2. The first-order valence-corrected chi connectivity index (χ1v) is 9.67. The molecule has 0 saturated heterocycles. The average molecular weight is 406 g/mol. The third-order valence-corrected chi connectivity index (χ3v) is 5.41. The topological polar surface area (TPSA) is 115 Å². The number of rotatable bonds is 2. The lowest BCUT2D eigenvalue weighted by atomic mass is 9.98. The number of amides is 1. The number of nitrogens with one attached hydrogen (secondary N) is 1. The van der Waals surface area contributed by atoms with Crippen molar-refractivity contribution in [2.75, 3.05) is 25.0 Å². The van der Waals surface area contributed by atoms with E-state index in [9.17, 15) is 4.79 Å². The summed E-state index contributed by atoms with van der Waals surface area (Å²) >= 11 is 0. The summed E-state index contributed by atoms with van der Waals surface area (Å²) in [5.74, 6) is 0.829. The first kappa shape index (κ1) is 19.6. The van der Waals surface area contributed by atoms with Crippen LogP contribution < -0.4 is 4.90 Å². The predicted molar refractivity (Wildman–Crippen MR) is 109 cm³/mol. The Bertz CT molecular complexity index is 1050. The Balaban J connectivity index is 0.000000687. The molecule has 1 amide bonds. The van der Waals surface area contributed by atoms with Gasteiger partial charge in [-0.1, -0.05) is 12.1 Å². The average Bonchev–Trinajstić information content (AvgIpc) is 3.40. The van der Waals surface area contributed by atoms with Crippen LogP contribution in [0.3, 0.4) is 0 Å². The number of anilines is 1. The van der Waals surface area contributed by atoms with Crippen molar-refractivity contribution < 1.29 is 14.7 Å². The van der Waals surface area contributed by atoms with E-state index in [0.29, 0.717) is 12.2 Å². The molecule has 0 aliphatic carbocycles. The molecule has 0 radical (unpaired) electrons. The number of fused-ring (bicyclic) bond motifs is 2. The number of carboxylic acid groups (broad SMARTS) is 1. The van der Waals surface area contributed by atoms with Crippen LogP contribution in [-0.2, 0) is 17.6 Å². The van der Waals surface area contributed by atoms with E-state index in [1.807, 2.05) is 42.3 Å². The lowest BCUT2D eigenvalue weighted by Crippen LogP contribution is -2.41. The van der Waals surface area contributed by atoms with E-state index in [4.69, 9.17) is 9.90 Å². The van der Waals surface area contributed by atoms with Gasteiger partial charge in [0.05, 0.1) is 17.7 Å². The molecule has 0 bridgehead atoms. The van der Waals surface area contributed by atoms with E-state index >= 15 is 0 Å². The molecule has 2 aliphatic rings.